The Bertz CT molecular complexity index is 655. The molecule has 134 valence electrons. The molecule has 1 aromatic carbocycles. The van der Waals surface area contributed by atoms with Crippen LogP contribution in [0.2, 0.25) is 0 Å². The van der Waals surface area contributed by atoms with E-state index in [-0.39, 0.29) is 17.7 Å². The second kappa shape index (κ2) is 9.61. The van der Waals surface area contributed by atoms with Gasteiger partial charge in [-0.2, -0.15) is 5.10 Å². The molecular weight excluding hydrogens is 316 g/mol. The van der Waals surface area contributed by atoms with E-state index in [9.17, 15) is 9.59 Å². The van der Waals surface area contributed by atoms with Crippen molar-refractivity contribution in [3.05, 3.63) is 54.4 Å². The van der Waals surface area contributed by atoms with Crippen LogP contribution in [0.1, 0.15) is 37.0 Å². The summed E-state index contributed by atoms with van der Waals surface area (Å²) in [6.45, 7) is 5.28. The Labute approximate surface area is 148 Å². The van der Waals surface area contributed by atoms with Gasteiger partial charge in [0.2, 0.25) is 5.91 Å². The van der Waals surface area contributed by atoms with Gasteiger partial charge in [-0.25, -0.2) is 0 Å². The van der Waals surface area contributed by atoms with E-state index in [0.717, 1.165) is 19.4 Å². The van der Waals surface area contributed by atoms with Gasteiger partial charge < -0.3 is 10.6 Å². The summed E-state index contributed by atoms with van der Waals surface area (Å²) in [6.07, 6.45) is 5.22. The van der Waals surface area contributed by atoms with Crippen LogP contribution in [0.3, 0.4) is 0 Å². The molecule has 0 aliphatic rings. The lowest BCUT2D eigenvalue weighted by molar-refractivity contribution is -0.124. The smallest absolute Gasteiger partial charge is 0.251 e. The molecule has 1 aromatic heterocycles. The fraction of sp³-hybridized carbons (Fsp3) is 0.421. The van der Waals surface area contributed by atoms with Crippen LogP contribution >= 0.6 is 0 Å². The Kier molecular flexibility index (Phi) is 7.19. The molecule has 1 heterocycles. The molecular formula is C19H26N4O2. The Morgan fingerprint density at radius 3 is 2.60 bits per heavy atom. The third kappa shape index (κ3) is 5.74. The van der Waals surface area contributed by atoms with E-state index in [1.54, 1.807) is 18.3 Å². The number of carbonyl (C=O) groups excluding carboxylic acids is 2. The molecule has 0 fully saturated rings. The highest BCUT2D eigenvalue weighted by Gasteiger charge is 2.25. The predicted octanol–water partition coefficient (Wildman–Crippen LogP) is 2.23. The molecule has 2 amide bonds. The number of hydrogen-bond acceptors (Lipinski definition) is 3. The van der Waals surface area contributed by atoms with Crippen molar-refractivity contribution in [1.29, 1.82) is 0 Å². The van der Waals surface area contributed by atoms with Crippen molar-refractivity contribution in [2.75, 3.05) is 6.54 Å². The molecule has 2 atom stereocenters. The van der Waals surface area contributed by atoms with Crippen LogP contribution in [0.25, 0.3) is 0 Å². The molecule has 0 saturated carbocycles. The molecule has 2 unspecified atom stereocenters. The van der Waals surface area contributed by atoms with Crippen molar-refractivity contribution in [2.24, 2.45) is 5.92 Å². The second-order valence-corrected chi connectivity index (χ2v) is 6.12. The highest BCUT2D eigenvalue weighted by atomic mass is 16.2. The van der Waals surface area contributed by atoms with Crippen LogP contribution in [0.15, 0.2) is 48.8 Å². The SMILES string of the molecule is CCC(C)C(NC(=O)c1ccccc1)C(=O)NCCCn1cccn1. The fourth-order valence-corrected chi connectivity index (χ4v) is 2.51. The number of amides is 2. The Morgan fingerprint density at radius 1 is 1.20 bits per heavy atom. The lowest BCUT2D eigenvalue weighted by atomic mass is 9.98. The van der Waals surface area contributed by atoms with E-state index >= 15 is 0 Å². The van der Waals surface area contributed by atoms with Crippen LogP contribution in [0.5, 0.6) is 0 Å². The summed E-state index contributed by atoms with van der Waals surface area (Å²) in [5.41, 5.74) is 0.558. The molecule has 2 aromatic rings. The molecule has 25 heavy (non-hydrogen) atoms. The van der Waals surface area contributed by atoms with Gasteiger partial charge in [-0.3, -0.25) is 14.3 Å². The first-order valence-electron chi connectivity index (χ1n) is 8.73. The van der Waals surface area contributed by atoms with Gasteiger partial charge in [0.25, 0.3) is 5.91 Å². The van der Waals surface area contributed by atoms with Gasteiger partial charge in [-0.1, -0.05) is 38.5 Å². The average molecular weight is 342 g/mol. The minimum absolute atomic E-state index is 0.0544. The molecule has 0 spiro atoms. The summed E-state index contributed by atoms with van der Waals surface area (Å²) in [7, 11) is 0. The van der Waals surface area contributed by atoms with Crippen molar-refractivity contribution in [3.8, 4) is 0 Å². The summed E-state index contributed by atoms with van der Waals surface area (Å²) in [4.78, 5) is 24.9. The number of nitrogens with zero attached hydrogens (tertiary/aromatic N) is 2. The largest absolute Gasteiger partial charge is 0.354 e. The maximum absolute atomic E-state index is 12.5. The van der Waals surface area contributed by atoms with Crippen molar-refractivity contribution in [3.63, 3.8) is 0 Å². The van der Waals surface area contributed by atoms with E-state index in [1.807, 2.05) is 49.0 Å². The molecule has 0 aliphatic carbocycles. The minimum Gasteiger partial charge on any atom is -0.354 e. The molecule has 2 N–H and O–H groups in total. The summed E-state index contributed by atoms with van der Waals surface area (Å²) in [5, 5.41) is 9.92. The maximum atomic E-state index is 12.5. The number of nitrogens with one attached hydrogen (secondary N) is 2. The van der Waals surface area contributed by atoms with Gasteiger partial charge in [-0.15, -0.1) is 0 Å². The van der Waals surface area contributed by atoms with Crippen molar-refractivity contribution >= 4 is 11.8 Å². The molecule has 0 radical (unpaired) electrons. The van der Waals surface area contributed by atoms with Crippen LogP contribution in [0, 0.1) is 5.92 Å². The average Bonchev–Trinajstić information content (AvgIpc) is 3.16. The number of rotatable bonds is 9. The Morgan fingerprint density at radius 2 is 1.96 bits per heavy atom. The first-order chi connectivity index (χ1) is 12.1. The first-order valence-corrected chi connectivity index (χ1v) is 8.73. The topological polar surface area (TPSA) is 76.0 Å². The van der Waals surface area contributed by atoms with Gasteiger partial charge in [0, 0.05) is 31.0 Å². The first kappa shape index (κ1) is 18.7. The number of hydrogen-bond donors (Lipinski definition) is 2. The van der Waals surface area contributed by atoms with E-state index < -0.39 is 6.04 Å². The van der Waals surface area contributed by atoms with Gasteiger partial charge in [0.05, 0.1) is 0 Å². The maximum Gasteiger partial charge on any atom is 0.251 e. The zero-order chi connectivity index (χ0) is 18.1. The summed E-state index contributed by atoms with van der Waals surface area (Å²) >= 11 is 0. The number of aromatic nitrogens is 2. The summed E-state index contributed by atoms with van der Waals surface area (Å²) < 4.78 is 1.83. The van der Waals surface area contributed by atoms with E-state index in [1.165, 1.54) is 0 Å². The Balaban J connectivity index is 1.87. The molecule has 0 bridgehead atoms. The van der Waals surface area contributed by atoms with Gasteiger partial charge in [-0.05, 0) is 30.5 Å². The van der Waals surface area contributed by atoms with Gasteiger partial charge in [0.1, 0.15) is 6.04 Å². The summed E-state index contributed by atoms with van der Waals surface area (Å²) in [6, 6.07) is 10.3. The molecule has 0 aliphatic heterocycles. The van der Waals surface area contributed by atoms with Crippen molar-refractivity contribution in [2.45, 2.75) is 39.3 Å². The predicted molar refractivity (Wildman–Crippen MR) is 97.0 cm³/mol. The van der Waals surface area contributed by atoms with Crippen molar-refractivity contribution in [1.82, 2.24) is 20.4 Å². The van der Waals surface area contributed by atoms with Crippen LogP contribution in [-0.2, 0) is 11.3 Å². The zero-order valence-corrected chi connectivity index (χ0v) is 14.8. The van der Waals surface area contributed by atoms with Gasteiger partial charge >= 0.3 is 0 Å². The number of aryl methyl sites for hydroxylation is 1. The highest BCUT2D eigenvalue weighted by Crippen LogP contribution is 2.09. The normalized spacial score (nSPS) is 13.0. The summed E-state index contributed by atoms with van der Waals surface area (Å²) in [5.74, 6) is -0.310. The number of carbonyl (C=O) groups is 2. The van der Waals surface area contributed by atoms with E-state index in [4.69, 9.17) is 0 Å². The fourth-order valence-electron chi connectivity index (χ4n) is 2.51. The second-order valence-electron chi connectivity index (χ2n) is 6.12. The van der Waals surface area contributed by atoms with Crippen LogP contribution < -0.4 is 10.6 Å². The lowest BCUT2D eigenvalue weighted by Gasteiger charge is -2.23. The van der Waals surface area contributed by atoms with Gasteiger partial charge in [0.15, 0.2) is 0 Å². The standard InChI is InChI=1S/C19H26N4O2/c1-3-15(2)17(22-18(24)16-9-5-4-6-10-16)19(25)20-11-7-13-23-14-8-12-21-23/h4-6,8-10,12,14-15,17H,3,7,11,13H2,1-2H3,(H,20,25)(H,22,24). The van der Waals surface area contributed by atoms with E-state index in [0.29, 0.717) is 12.1 Å². The highest BCUT2D eigenvalue weighted by molar-refractivity contribution is 5.97. The molecule has 6 nitrogen and oxygen atoms in total. The lowest BCUT2D eigenvalue weighted by Crippen LogP contribution is -2.50. The third-order valence-corrected chi connectivity index (χ3v) is 4.24. The monoisotopic (exact) mass is 342 g/mol. The van der Waals surface area contributed by atoms with Crippen molar-refractivity contribution < 1.29 is 9.59 Å². The molecule has 2 rings (SSSR count). The third-order valence-electron chi connectivity index (χ3n) is 4.24. The zero-order valence-electron chi connectivity index (χ0n) is 14.8. The quantitative estimate of drug-likeness (QED) is 0.686. The van der Waals surface area contributed by atoms with Crippen LogP contribution in [0.4, 0.5) is 0 Å². The van der Waals surface area contributed by atoms with Crippen LogP contribution in [-0.4, -0.2) is 34.2 Å². The number of benzene rings is 1. The molecule has 0 saturated heterocycles. The molecule has 6 heteroatoms. The minimum atomic E-state index is -0.539. The Hall–Kier alpha value is -2.63. The van der Waals surface area contributed by atoms with E-state index in [2.05, 4.69) is 15.7 Å².